The van der Waals surface area contributed by atoms with Crippen LogP contribution < -0.4 is 10.2 Å². The largest absolute Gasteiger partial charge is 0.367 e. The van der Waals surface area contributed by atoms with Crippen molar-refractivity contribution in [2.75, 3.05) is 18.0 Å². The summed E-state index contributed by atoms with van der Waals surface area (Å²) in [5.41, 5.74) is 2.29. The predicted molar refractivity (Wildman–Crippen MR) is 88.1 cm³/mol. The minimum Gasteiger partial charge on any atom is -0.367 e. The second kappa shape index (κ2) is 5.47. The Hall–Kier alpha value is -1.32. The number of nitrogens with zero attached hydrogens (tertiary/aromatic N) is 2. The van der Waals surface area contributed by atoms with Crippen LogP contribution in [-0.4, -0.2) is 30.2 Å². The van der Waals surface area contributed by atoms with E-state index >= 15 is 0 Å². The quantitative estimate of drug-likeness (QED) is 0.935. The number of halogens is 1. The van der Waals surface area contributed by atoms with E-state index in [1.807, 2.05) is 18.3 Å². The molecule has 0 amide bonds. The molecule has 110 valence electrons. The number of hydrogen-bond donors (Lipinski definition) is 1. The zero-order chi connectivity index (χ0) is 14.2. The van der Waals surface area contributed by atoms with Gasteiger partial charge in [-0.2, -0.15) is 0 Å². The van der Waals surface area contributed by atoms with Crippen LogP contribution in [0.25, 0.3) is 10.9 Å². The molecule has 1 unspecified atom stereocenters. The van der Waals surface area contributed by atoms with Gasteiger partial charge in [-0.25, -0.2) is 0 Å². The average molecular weight is 302 g/mol. The molecule has 1 saturated carbocycles. The van der Waals surface area contributed by atoms with Crippen LogP contribution in [0.1, 0.15) is 25.7 Å². The zero-order valence-corrected chi connectivity index (χ0v) is 12.8. The maximum atomic E-state index is 6.09. The number of hydrogen-bond acceptors (Lipinski definition) is 3. The Bertz CT molecular complexity index is 654. The van der Waals surface area contributed by atoms with Crippen LogP contribution in [0.4, 0.5) is 5.69 Å². The number of aromatic nitrogens is 1. The van der Waals surface area contributed by atoms with Crippen molar-refractivity contribution in [1.29, 1.82) is 0 Å². The summed E-state index contributed by atoms with van der Waals surface area (Å²) in [6.45, 7) is 2.24. The summed E-state index contributed by atoms with van der Waals surface area (Å²) in [4.78, 5) is 7.01. The first-order valence-electron chi connectivity index (χ1n) is 7.85. The van der Waals surface area contributed by atoms with Crippen LogP contribution in [0.15, 0.2) is 30.5 Å². The minimum absolute atomic E-state index is 0.604. The molecule has 0 spiro atoms. The molecule has 1 aromatic carbocycles. The van der Waals surface area contributed by atoms with E-state index < -0.39 is 0 Å². The Morgan fingerprint density at radius 3 is 3.00 bits per heavy atom. The molecule has 3 nitrogen and oxygen atoms in total. The number of benzene rings is 1. The second-order valence-electron chi connectivity index (χ2n) is 6.16. The lowest BCUT2D eigenvalue weighted by Gasteiger charge is -2.28. The van der Waals surface area contributed by atoms with Crippen molar-refractivity contribution in [3.63, 3.8) is 0 Å². The van der Waals surface area contributed by atoms with E-state index in [9.17, 15) is 0 Å². The van der Waals surface area contributed by atoms with Crippen molar-refractivity contribution in [3.8, 4) is 0 Å². The maximum Gasteiger partial charge on any atom is 0.0737 e. The first kappa shape index (κ1) is 13.4. The molecule has 0 radical (unpaired) electrons. The van der Waals surface area contributed by atoms with Gasteiger partial charge in [0.05, 0.1) is 5.52 Å². The van der Waals surface area contributed by atoms with E-state index in [0.29, 0.717) is 6.04 Å². The summed E-state index contributed by atoms with van der Waals surface area (Å²) in [6.07, 6.45) is 7.15. The second-order valence-corrected chi connectivity index (χ2v) is 6.60. The SMILES string of the molecule is Clc1ccc2c(N3CCCC3CNC3CC3)ccnc2c1. The lowest BCUT2D eigenvalue weighted by atomic mass is 10.1. The van der Waals surface area contributed by atoms with Gasteiger partial charge in [-0.3, -0.25) is 4.98 Å². The van der Waals surface area contributed by atoms with Crippen LogP contribution in [-0.2, 0) is 0 Å². The van der Waals surface area contributed by atoms with Gasteiger partial charge in [0.2, 0.25) is 0 Å². The van der Waals surface area contributed by atoms with Gasteiger partial charge in [-0.05, 0) is 49.9 Å². The van der Waals surface area contributed by atoms with Gasteiger partial charge >= 0.3 is 0 Å². The van der Waals surface area contributed by atoms with Crippen molar-refractivity contribution in [2.24, 2.45) is 0 Å². The summed E-state index contributed by atoms with van der Waals surface area (Å²) in [6, 6.07) is 9.54. The fraction of sp³-hybridized carbons (Fsp3) is 0.471. The van der Waals surface area contributed by atoms with E-state index in [0.717, 1.165) is 29.7 Å². The molecule has 1 N–H and O–H groups in total. The summed E-state index contributed by atoms with van der Waals surface area (Å²) in [5.74, 6) is 0. The molecule has 4 rings (SSSR count). The lowest BCUT2D eigenvalue weighted by molar-refractivity contribution is 0.572. The van der Waals surface area contributed by atoms with Gasteiger partial charge in [0.25, 0.3) is 0 Å². The van der Waals surface area contributed by atoms with E-state index in [-0.39, 0.29) is 0 Å². The summed E-state index contributed by atoms with van der Waals surface area (Å²) in [7, 11) is 0. The Morgan fingerprint density at radius 1 is 1.24 bits per heavy atom. The highest BCUT2D eigenvalue weighted by Gasteiger charge is 2.28. The molecule has 1 saturated heterocycles. The molecule has 2 aliphatic rings. The fourth-order valence-corrected chi connectivity index (χ4v) is 3.48. The van der Waals surface area contributed by atoms with Crippen LogP contribution >= 0.6 is 11.6 Å². The van der Waals surface area contributed by atoms with Gasteiger partial charge in [-0.1, -0.05) is 11.6 Å². The van der Waals surface area contributed by atoms with E-state index in [2.05, 4.69) is 27.3 Å². The third-order valence-electron chi connectivity index (χ3n) is 4.59. The molecule has 1 aliphatic heterocycles. The van der Waals surface area contributed by atoms with Crippen molar-refractivity contribution in [1.82, 2.24) is 10.3 Å². The third-order valence-corrected chi connectivity index (χ3v) is 4.82. The number of rotatable bonds is 4. The van der Waals surface area contributed by atoms with Gasteiger partial charge in [0.15, 0.2) is 0 Å². The number of pyridine rings is 1. The van der Waals surface area contributed by atoms with Crippen LogP contribution in [0, 0.1) is 0 Å². The van der Waals surface area contributed by atoms with Crippen LogP contribution in [0.3, 0.4) is 0 Å². The highest BCUT2D eigenvalue weighted by molar-refractivity contribution is 6.31. The summed E-state index contributed by atoms with van der Waals surface area (Å²) in [5, 5.41) is 5.64. The first-order chi connectivity index (χ1) is 10.3. The summed E-state index contributed by atoms with van der Waals surface area (Å²) < 4.78 is 0. The Balaban J connectivity index is 1.64. The molecule has 2 fully saturated rings. The van der Waals surface area contributed by atoms with Crippen molar-refractivity contribution >= 4 is 28.2 Å². The molecular formula is C17H20ClN3. The van der Waals surface area contributed by atoms with E-state index in [1.54, 1.807) is 0 Å². The third kappa shape index (κ3) is 2.72. The van der Waals surface area contributed by atoms with Crippen molar-refractivity contribution in [2.45, 2.75) is 37.8 Å². The summed E-state index contributed by atoms with van der Waals surface area (Å²) >= 11 is 6.09. The average Bonchev–Trinajstić information content (AvgIpc) is 3.21. The Labute approximate surface area is 130 Å². The molecule has 4 heteroatoms. The highest BCUT2D eigenvalue weighted by Crippen LogP contribution is 2.32. The number of fused-ring (bicyclic) bond motifs is 1. The van der Waals surface area contributed by atoms with Gasteiger partial charge < -0.3 is 10.2 Å². The van der Waals surface area contributed by atoms with Crippen molar-refractivity contribution in [3.05, 3.63) is 35.5 Å². The standard InChI is InChI=1S/C17H20ClN3/c18-12-3-6-15-16(10-12)19-8-7-17(15)21-9-1-2-14(21)11-20-13-4-5-13/h3,6-8,10,13-14,20H,1-2,4-5,9,11H2. The predicted octanol–water partition coefficient (Wildman–Crippen LogP) is 3.61. The van der Waals surface area contributed by atoms with E-state index in [1.165, 1.54) is 36.8 Å². The molecule has 0 bridgehead atoms. The smallest absolute Gasteiger partial charge is 0.0737 e. The Morgan fingerprint density at radius 2 is 2.14 bits per heavy atom. The minimum atomic E-state index is 0.604. The first-order valence-corrected chi connectivity index (χ1v) is 8.23. The van der Waals surface area contributed by atoms with Gasteiger partial charge in [-0.15, -0.1) is 0 Å². The number of anilines is 1. The molecule has 2 aromatic rings. The number of nitrogens with one attached hydrogen (secondary N) is 1. The molecule has 2 heterocycles. The molecule has 1 atom stereocenters. The molecule has 21 heavy (non-hydrogen) atoms. The fourth-order valence-electron chi connectivity index (χ4n) is 3.31. The normalized spacial score (nSPS) is 22.1. The highest BCUT2D eigenvalue weighted by atomic mass is 35.5. The van der Waals surface area contributed by atoms with Crippen molar-refractivity contribution < 1.29 is 0 Å². The maximum absolute atomic E-state index is 6.09. The zero-order valence-electron chi connectivity index (χ0n) is 12.1. The lowest BCUT2D eigenvalue weighted by Crippen LogP contribution is -2.38. The van der Waals surface area contributed by atoms with Gasteiger partial charge in [0.1, 0.15) is 0 Å². The molecule has 1 aromatic heterocycles. The molecule has 1 aliphatic carbocycles. The van der Waals surface area contributed by atoms with Crippen LogP contribution in [0.5, 0.6) is 0 Å². The van der Waals surface area contributed by atoms with Gasteiger partial charge in [0, 0.05) is 47.5 Å². The molecular weight excluding hydrogens is 282 g/mol. The van der Waals surface area contributed by atoms with Crippen LogP contribution in [0.2, 0.25) is 5.02 Å². The van der Waals surface area contributed by atoms with E-state index in [4.69, 9.17) is 11.6 Å². The topological polar surface area (TPSA) is 28.2 Å². The Kier molecular flexibility index (Phi) is 3.48. The monoisotopic (exact) mass is 301 g/mol.